The normalized spacial score (nSPS) is 18.1. The van der Waals surface area contributed by atoms with E-state index in [1.165, 1.54) is 39.8 Å². The maximum absolute atomic E-state index is 13.5. The summed E-state index contributed by atoms with van der Waals surface area (Å²) in [4.78, 5) is 46.5. The molecule has 2 aliphatic rings. The maximum Gasteiger partial charge on any atom is 0.356 e. The molecule has 11 heteroatoms. The SMILES string of the molecule is COc1ccc(COC(=O)C2=C(Sc3nc4ccccc4s3)CS[C@@H]3[C@H](NC(=O)Cc4ccccc4)C(=O)N23)cc1. The number of benzene rings is 3. The van der Waals surface area contributed by atoms with Crippen molar-refractivity contribution in [3.05, 3.63) is 101 Å². The van der Waals surface area contributed by atoms with Crippen molar-refractivity contribution in [2.24, 2.45) is 0 Å². The number of fused-ring (bicyclic) bond motifs is 2. The van der Waals surface area contributed by atoms with Crippen molar-refractivity contribution >= 4 is 62.9 Å². The Morgan fingerprint density at radius 2 is 1.78 bits per heavy atom. The zero-order valence-electron chi connectivity index (χ0n) is 21.9. The molecule has 3 heterocycles. The molecule has 4 aromatic rings. The Hall–Kier alpha value is -3.80. The third-order valence-corrected chi connectivity index (χ3v) is 10.3. The van der Waals surface area contributed by atoms with E-state index in [-0.39, 0.29) is 30.5 Å². The van der Waals surface area contributed by atoms with Crippen LogP contribution >= 0.6 is 34.9 Å². The summed E-state index contributed by atoms with van der Waals surface area (Å²) in [5, 5.41) is 2.47. The number of para-hydroxylation sites is 1. The van der Waals surface area contributed by atoms with Crippen molar-refractivity contribution in [1.29, 1.82) is 0 Å². The number of thioether (sulfide) groups is 2. The molecule has 0 aliphatic carbocycles. The molecule has 1 fully saturated rings. The second kappa shape index (κ2) is 12.0. The van der Waals surface area contributed by atoms with Crippen LogP contribution in [-0.4, -0.2) is 51.9 Å². The average Bonchev–Trinajstić information content (AvgIpc) is 3.41. The summed E-state index contributed by atoms with van der Waals surface area (Å²) in [5.41, 5.74) is 2.75. The number of esters is 1. The Morgan fingerprint density at radius 1 is 1.02 bits per heavy atom. The summed E-state index contributed by atoms with van der Waals surface area (Å²) in [5.74, 6) is 0.0279. The van der Waals surface area contributed by atoms with Crippen LogP contribution in [0.5, 0.6) is 5.75 Å². The number of methoxy groups -OCH3 is 1. The van der Waals surface area contributed by atoms with Crippen LogP contribution in [0.2, 0.25) is 0 Å². The standard InChI is InChI=1S/C30H25N3O5S3/c1-37-20-13-11-19(12-14-20)16-38-29(36)26-23(41-30-31-21-9-5-6-10-22(21)40-30)17-39-28-25(27(35)33(26)28)32-24(34)15-18-7-3-2-4-8-18/h2-14,25,28H,15-17H2,1H3,(H,32,34)/t25-,28-/m1/s1. The molecule has 0 unspecified atom stereocenters. The minimum Gasteiger partial charge on any atom is -0.497 e. The van der Waals surface area contributed by atoms with Crippen LogP contribution in [-0.2, 0) is 32.1 Å². The first-order valence-electron chi connectivity index (χ1n) is 12.8. The number of β-lactam (4-membered cyclic amide) rings is 1. The topological polar surface area (TPSA) is 97.8 Å². The van der Waals surface area contributed by atoms with Gasteiger partial charge in [0.1, 0.15) is 29.5 Å². The lowest BCUT2D eigenvalue weighted by Crippen LogP contribution is -2.70. The van der Waals surface area contributed by atoms with Gasteiger partial charge in [0.2, 0.25) is 5.91 Å². The van der Waals surface area contributed by atoms with E-state index in [1.807, 2.05) is 66.7 Å². The minimum atomic E-state index is -0.713. The van der Waals surface area contributed by atoms with E-state index in [9.17, 15) is 14.4 Å². The smallest absolute Gasteiger partial charge is 0.356 e. The molecular formula is C30H25N3O5S3. The second-order valence-corrected chi connectivity index (χ2v) is 12.8. The van der Waals surface area contributed by atoms with E-state index >= 15 is 0 Å². The molecular weight excluding hydrogens is 579 g/mol. The monoisotopic (exact) mass is 603 g/mol. The summed E-state index contributed by atoms with van der Waals surface area (Å²) >= 11 is 4.43. The highest BCUT2D eigenvalue weighted by atomic mass is 32.2. The van der Waals surface area contributed by atoms with Crippen molar-refractivity contribution in [3.8, 4) is 5.75 Å². The Morgan fingerprint density at radius 3 is 2.54 bits per heavy atom. The first-order chi connectivity index (χ1) is 20.0. The van der Waals surface area contributed by atoms with Crippen LogP contribution in [0.15, 0.2) is 93.8 Å². The van der Waals surface area contributed by atoms with E-state index in [1.54, 1.807) is 19.2 Å². The van der Waals surface area contributed by atoms with Crippen molar-refractivity contribution in [3.63, 3.8) is 0 Å². The number of hydrogen-bond donors (Lipinski definition) is 1. The van der Waals surface area contributed by atoms with Crippen molar-refractivity contribution in [2.45, 2.75) is 28.8 Å². The molecule has 0 spiro atoms. The molecule has 1 N–H and O–H groups in total. The van der Waals surface area contributed by atoms with Gasteiger partial charge in [0.05, 0.1) is 23.7 Å². The number of aromatic nitrogens is 1. The van der Waals surface area contributed by atoms with Crippen molar-refractivity contribution < 1.29 is 23.9 Å². The van der Waals surface area contributed by atoms with Crippen LogP contribution in [0.25, 0.3) is 10.2 Å². The van der Waals surface area contributed by atoms with Gasteiger partial charge >= 0.3 is 5.97 Å². The van der Waals surface area contributed by atoms with E-state index in [0.717, 1.165) is 25.7 Å². The van der Waals surface area contributed by atoms with Gasteiger partial charge in [0.15, 0.2) is 4.34 Å². The molecule has 41 heavy (non-hydrogen) atoms. The lowest BCUT2D eigenvalue weighted by molar-refractivity contribution is -0.153. The molecule has 208 valence electrons. The fourth-order valence-electron chi connectivity index (χ4n) is 4.60. The van der Waals surface area contributed by atoms with Crippen molar-refractivity contribution in [1.82, 2.24) is 15.2 Å². The number of amides is 2. The van der Waals surface area contributed by atoms with E-state index in [4.69, 9.17) is 14.5 Å². The maximum atomic E-state index is 13.5. The molecule has 1 aromatic heterocycles. The molecule has 2 atom stereocenters. The minimum absolute atomic E-state index is 0.0441. The number of rotatable bonds is 9. The number of nitrogens with zero attached hydrogens (tertiary/aromatic N) is 2. The highest BCUT2D eigenvalue weighted by Gasteiger charge is 2.54. The molecule has 3 aromatic carbocycles. The number of hydrogen-bond acceptors (Lipinski definition) is 9. The zero-order chi connectivity index (χ0) is 28.3. The Bertz CT molecular complexity index is 1610. The van der Waals surface area contributed by atoms with Crippen LogP contribution in [0.3, 0.4) is 0 Å². The summed E-state index contributed by atoms with van der Waals surface area (Å²) in [6.45, 7) is 0.0441. The van der Waals surface area contributed by atoms with Gasteiger partial charge in [-0.2, -0.15) is 0 Å². The largest absolute Gasteiger partial charge is 0.497 e. The molecule has 0 radical (unpaired) electrons. The summed E-state index contributed by atoms with van der Waals surface area (Å²) in [6, 6.07) is 23.7. The zero-order valence-corrected chi connectivity index (χ0v) is 24.4. The van der Waals surface area contributed by atoms with E-state index in [0.29, 0.717) is 16.4 Å². The number of thiazole rings is 1. The predicted octanol–water partition coefficient (Wildman–Crippen LogP) is 4.99. The average molecular weight is 604 g/mol. The number of ether oxygens (including phenoxy) is 2. The molecule has 0 saturated carbocycles. The number of carbonyl (C=O) groups is 3. The van der Waals surface area contributed by atoms with E-state index in [2.05, 4.69) is 5.32 Å². The lowest BCUT2D eigenvalue weighted by atomic mass is 10.0. The van der Waals surface area contributed by atoms with Crippen LogP contribution < -0.4 is 10.1 Å². The van der Waals surface area contributed by atoms with Gasteiger partial charge in [0, 0.05) is 10.7 Å². The van der Waals surface area contributed by atoms with E-state index < -0.39 is 17.4 Å². The summed E-state index contributed by atoms with van der Waals surface area (Å²) in [6.07, 6.45) is 0.174. The van der Waals surface area contributed by atoms with Gasteiger partial charge in [0.25, 0.3) is 5.91 Å². The second-order valence-electron chi connectivity index (χ2n) is 9.36. The van der Waals surface area contributed by atoms with Crippen LogP contribution in [0.4, 0.5) is 0 Å². The first kappa shape index (κ1) is 27.4. The van der Waals surface area contributed by atoms with Gasteiger partial charge in [-0.15, -0.1) is 23.1 Å². The van der Waals surface area contributed by atoms with Crippen LogP contribution in [0.1, 0.15) is 11.1 Å². The van der Waals surface area contributed by atoms with Gasteiger partial charge in [-0.3, -0.25) is 14.5 Å². The molecule has 2 aliphatic heterocycles. The molecule has 0 bridgehead atoms. The molecule has 1 saturated heterocycles. The van der Waals surface area contributed by atoms with Gasteiger partial charge in [-0.25, -0.2) is 9.78 Å². The fraction of sp³-hybridized carbons (Fsp3) is 0.200. The van der Waals surface area contributed by atoms with Gasteiger partial charge in [-0.1, -0.05) is 66.4 Å². The highest BCUT2D eigenvalue weighted by molar-refractivity contribution is 8.07. The fourth-order valence-corrected chi connectivity index (χ4v) is 8.31. The molecule has 6 rings (SSSR count). The Labute approximate surface area is 249 Å². The Kier molecular flexibility index (Phi) is 8.00. The first-order valence-corrected chi connectivity index (χ1v) is 15.5. The predicted molar refractivity (Wildman–Crippen MR) is 160 cm³/mol. The summed E-state index contributed by atoms with van der Waals surface area (Å²) in [7, 11) is 1.59. The third-order valence-electron chi connectivity index (χ3n) is 6.66. The summed E-state index contributed by atoms with van der Waals surface area (Å²) < 4.78 is 12.7. The lowest BCUT2D eigenvalue weighted by Gasteiger charge is -2.49. The van der Waals surface area contributed by atoms with Crippen molar-refractivity contribution in [2.75, 3.05) is 12.9 Å². The number of carbonyl (C=O) groups excluding carboxylic acids is 3. The van der Waals surface area contributed by atoms with Gasteiger partial charge < -0.3 is 14.8 Å². The number of nitrogens with one attached hydrogen (secondary N) is 1. The highest BCUT2D eigenvalue weighted by Crippen LogP contribution is 2.46. The van der Waals surface area contributed by atoms with Crippen LogP contribution in [0, 0.1) is 0 Å². The molecule has 8 nitrogen and oxygen atoms in total. The molecule has 2 amide bonds. The Balaban J connectivity index is 1.22. The third kappa shape index (κ3) is 5.83. The van der Waals surface area contributed by atoms with Gasteiger partial charge in [-0.05, 0) is 35.4 Å². The quantitative estimate of drug-likeness (QED) is 0.211.